The molecule has 2 aliphatic heterocycles. The van der Waals surface area contributed by atoms with E-state index in [0.29, 0.717) is 10.6 Å². The molecule has 0 spiro atoms. The molecule has 0 saturated carbocycles. The first-order chi connectivity index (χ1) is 19.0. The highest BCUT2D eigenvalue weighted by molar-refractivity contribution is 7.12. The fourth-order valence-electron chi connectivity index (χ4n) is 4.89. The van der Waals surface area contributed by atoms with E-state index in [4.69, 9.17) is 4.74 Å². The van der Waals surface area contributed by atoms with Crippen LogP contribution in [0.2, 0.25) is 0 Å². The van der Waals surface area contributed by atoms with Crippen molar-refractivity contribution in [3.05, 3.63) is 46.4 Å². The minimum atomic E-state index is -1.50. The molecule has 0 aliphatic carbocycles. The Bertz CT molecular complexity index is 1290. The summed E-state index contributed by atoms with van der Waals surface area (Å²) >= 11 is 1.22. The first-order valence-corrected chi connectivity index (χ1v) is 13.3. The summed E-state index contributed by atoms with van der Waals surface area (Å²) in [5.41, 5.74) is 0.363. The highest BCUT2D eigenvalue weighted by atomic mass is 32.1. The summed E-state index contributed by atoms with van der Waals surface area (Å²) < 4.78 is 6.82. The third-order valence-electron chi connectivity index (χ3n) is 6.83. The normalized spacial score (nSPS) is 22.2. The molecule has 2 fully saturated rings. The van der Waals surface area contributed by atoms with Gasteiger partial charge in [-0.1, -0.05) is 6.07 Å². The first-order valence-electron chi connectivity index (χ1n) is 12.4. The molecule has 40 heavy (non-hydrogen) atoms. The Morgan fingerprint density at radius 3 is 1.88 bits per heavy atom. The van der Waals surface area contributed by atoms with Gasteiger partial charge < -0.3 is 49.5 Å². The van der Waals surface area contributed by atoms with Crippen LogP contribution in [0.4, 0.5) is 0 Å². The van der Waals surface area contributed by atoms with Gasteiger partial charge in [-0.05, 0) is 36.4 Å². The number of carboxylic acid groups (broad SMARTS) is 2. The Hall–Kier alpha value is -4.24. The van der Waals surface area contributed by atoms with Crippen molar-refractivity contribution < 1.29 is 43.7 Å². The standard InChI is InChI=1S/C25H29N5O9S/c1-28-6-2-4-16(28)22(33)26-14-8-17(24(35)36)29(10-14)20(31)12-39-13-21(32)30-11-15(9-18(30)25(37)38)27-23(34)19-5-3-7-40-19/h2-7,14-15,17-18H,8-13H2,1H3,(H,26,33)(H,27,34)(H,35,36)(H,37,38)/p-2/t14-,15-,17-,18-/m0/s1. The average Bonchev–Trinajstić information content (AvgIpc) is 3.69. The van der Waals surface area contributed by atoms with E-state index in [9.17, 15) is 39.0 Å². The third kappa shape index (κ3) is 6.48. The molecule has 14 nitrogen and oxygen atoms in total. The molecule has 0 radical (unpaired) electrons. The minimum absolute atomic E-state index is 0.0545. The van der Waals surface area contributed by atoms with Gasteiger partial charge in [-0.2, -0.15) is 0 Å². The van der Waals surface area contributed by atoms with Gasteiger partial charge in [0.25, 0.3) is 11.8 Å². The van der Waals surface area contributed by atoms with E-state index in [2.05, 4.69) is 10.6 Å². The summed E-state index contributed by atoms with van der Waals surface area (Å²) in [6.07, 6.45) is 1.56. The number of hydrogen-bond donors (Lipinski definition) is 2. The number of hydrogen-bond acceptors (Lipinski definition) is 10. The van der Waals surface area contributed by atoms with Crippen LogP contribution in [0.1, 0.15) is 33.0 Å². The average molecular weight is 574 g/mol. The van der Waals surface area contributed by atoms with Crippen LogP contribution in [0.25, 0.3) is 0 Å². The lowest BCUT2D eigenvalue weighted by Gasteiger charge is -2.26. The number of aliphatic carboxylic acids is 2. The van der Waals surface area contributed by atoms with Crippen LogP contribution >= 0.6 is 11.3 Å². The van der Waals surface area contributed by atoms with Crippen molar-refractivity contribution in [3.8, 4) is 0 Å². The molecule has 0 bridgehead atoms. The molecule has 15 heteroatoms. The van der Waals surface area contributed by atoms with E-state index in [-0.39, 0.29) is 31.8 Å². The quantitative estimate of drug-likeness (QED) is 0.293. The largest absolute Gasteiger partial charge is 0.548 e. The Kier molecular flexibility index (Phi) is 8.84. The first kappa shape index (κ1) is 28.8. The van der Waals surface area contributed by atoms with Crippen LogP contribution < -0.4 is 20.8 Å². The number of carboxylic acids is 2. The third-order valence-corrected chi connectivity index (χ3v) is 7.70. The summed E-state index contributed by atoms with van der Waals surface area (Å²) in [7, 11) is 1.68. The lowest BCUT2D eigenvalue weighted by atomic mass is 10.1. The lowest BCUT2D eigenvalue weighted by Crippen LogP contribution is -2.49. The molecule has 4 heterocycles. The number of carbonyl (C=O) groups is 6. The van der Waals surface area contributed by atoms with Crippen molar-refractivity contribution in [2.24, 2.45) is 7.05 Å². The fourth-order valence-corrected chi connectivity index (χ4v) is 5.52. The van der Waals surface area contributed by atoms with Crippen molar-refractivity contribution in [1.82, 2.24) is 25.0 Å². The van der Waals surface area contributed by atoms with Gasteiger partial charge in [0.2, 0.25) is 11.8 Å². The number of carbonyl (C=O) groups excluding carboxylic acids is 6. The van der Waals surface area contributed by atoms with Crippen molar-refractivity contribution in [3.63, 3.8) is 0 Å². The molecule has 4 atom stereocenters. The highest BCUT2D eigenvalue weighted by Crippen LogP contribution is 2.21. The van der Waals surface area contributed by atoms with E-state index < -0.39 is 67.0 Å². The second kappa shape index (κ2) is 12.3. The van der Waals surface area contributed by atoms with Gasteiger partial charge in [-0.15, -0.1) is 11.3 Å². The summed E-state index contributed by atoms with van der Waals surface area (Å²) in [6.45, 7) is -1.50. The molecule has 2 N–H and O–H groups in total. The Labute approximate surface area is 232 Å². The van der Waals surface area contributed by atoms with Gasteiger partial charge in [0.1, 0.15) is 18.9 Å². The van der Waals surface area contributed by atoms with E-state index in [1.54, 1.807) is 47.5 Å². The second-order valence-corrected chi connectivity index (χ2v) is 10.5. The van der Waals surface area contributed by atoms with Crippen LogP contribution in [0, 0.1) is 0 Å². The van der Waals surface area contributed by atoms with Gasteiger partial charge in [0.15, 0.2) is 0 Å². The summed E-state index contributed by atoms with van der Waals surface area (Å²) in [5.74, 6) is -5.28. The SMILES string of the molecule is Cn1cccc1C(=O)N[C@H]1C[C@@H](C(=O)[O-])N(C(=O)COCC(=O)N2C[C@@H](NC(=O)c3cccs3)C[C@H]2C(=O)[O-])C1. The van der Waals surface area contributed by atoms with Crippen LogP contribution in [-0.2, 0) is 31.0 Å². The molecule has 214 valence electrons. The van der Waals surface area contributed by atoms with Crippen molar-refractivity contribution in [1.29, 1.82) is 0 Å². The van der Waals surface area contributed by atoms with Crippen molar-refractivity contribution in [2.45, 2.75) is 37.0 Å². The number of rotatable bonds is 10. The molecular formula is C25H27N5O9S-2. The number of aromatic nitrogens is 1. The van der Waals surface area contributed by atoms with Gasteiger partial charge in [-0.3, -0.25) is 19.2 Å². The molecule has 2 saturated heterocycles. The molecule has 2 aromatic rings. The fraction of sp³-hybridized carbons (Fsp3) is 0.440. The van der Waals surface area contributed by atoms with Crippen LogP contribution in [-0.4, -0.2) is 100 Å². The number of aryl methyl sites for hydroxylation is 1. The number of thiophene rings is 1. The van der Waals surface area contributed by atoms with E-state index >= 15 is 0 Å². The van der Waals surface area contributed by atoms with E-state index in [1.807, 2.05) is 0 Å². The maximum absolute atomic E-state index is 12.8. The minimum Gasteiger partial charge on any atom is -0.548 e. The second-order valence-electron chi connectivity index (χ2n) is 9.55. The molecule has 0 aromatic carbocycles. The lowest BCUT2D eigenvalue weighted by molar-refractivity contribution is -0.311. The van der Waals surface area contributed by atoms with Crippen molar-refractivity contribution >= 4 is 46.9 Å². The Morgan fingerprint density at radius 2 is 1.43 bits per heavy atom. The van der Waals surface area contributed by atoms with Crippen LogP contribution in [0.5, 0.6) is 0 Å². The number of amides is 4. The predicted octanol–water partition coefficient (Wildman–Crippen LogP) is -3.30. The van der Waals surface area contributed by atoms with Gasteiger partial charge in [0, 0.05) is 38.4 Å². The van der Waals surface area contributed by atoms with E-state index in [1.165, 1.54) is 11.3 Å². The number of nitrogens with zero attached hydrogens (tertiary/aromatic N) is 3. The van der Waals surface area contributed by atoms with E-state index in [0.717, 1.165) is 9.80 Å². The molecule has 4 rings (SSSR count). The monoisotopic (exact) mass is 573 g/mol. The zero-order valence-corrected chi connectivity index (χ0v) is 22.3. The highest BCUT2D eigenvalue weighted by Gasteiger charge is 2.39. The molecular weight excluding hydrogens is 546 g/mol. The zero-order valence-electron chi connectivity index (χ0n) is 21.4. The zero-order chi connectivity index (χ0) is 29.0. The van der Waals surface area contributed by atoms with Gasteiger partial charge in [0.05, 0.1) is 28.9 Å². The van der Waals surface area contributed by atoms with Gasteiger partial charge in [-0.25, -0.2) is 0 Å². The Balaban J connectivity index is 1.29. The summed E-state index contributed by atoms with van der Waals surface area (Å²) in [6, 6.07) is 2.72. The molecule has 0 unspecified atom stereocenters. The maximum atomic E-state index is 12.8. The van der Waals surface area contributed by atoms with Crippen LogP contribution in [0.15, 0.2) is 35.8 Å². The summed E-state index contributed by atoms with van der Waals surface area (Å²) in [5, 5.41) is 30.4. The number of likely N-dealkylation sites (tertiary alicyclic amines) is 2. The summed E-state index contributed by atoms with van der Waals surface area (Å²) in [4.78, 5) is 76.0. The van der Waals surface area contributed by atoms with Crippen molar-refractivity contribution in [2.75, 3.05) is 26.3 Å². The topological polar surface area (TPSA) is 193 Å². The molecule has 2 aromatic heterocycles. The molecule has 2 aliphatic rings. The predicted molar refractivity (Wildman–Crippen MR) is 133 cm³/mol. The molecule has 4 amide bonds. The van der Waals surface area contributed by atoms with Crippen LogP contribution in [0.3, 0.4) is 0 Å². The van der Waals surface area contributed by atoms with Gasteiger partial charge >= 0.3 is 0 Å². The maximum Gasteiger partial charge on any atom is 0.268 e. The number of ether oxygens (including phenoxy) is 1. The Morgan fingerprint density at radius 1 is 0.875 bits per heavy atom. The number of nitrogens with one attached hydrogen (secondary N) is 2. The smallest absolute Gasteiger partial charge is 0.268 e.